The summed E-state index contributed by atoms with van der Waals surface area (Å²) in [6.07, 6.45) is -2.70. The summed E-state index contributed by atoms with van der Waals surface area (Å²) in [5, 5.41) is 4.18. The number of hydrogen-bond acceptors (Lipinski definition) is 3. The molecule has 0 N–H and O–H groups in total. The van der Waals surface area contributed by atoms with Crippen LogP contribution in [0.5, 0.6) is 5.75 Å². The number of hydrogen-bond donors (Lipinski definition) is 0. The van der Waals surface area contributed by atoms with Gasteiger partial charge in [0.1, 0.15) is 5.75 Å². The average molecular weight is 387 g/mol. The number of alkyl halides is 3. The van der Waals surface area contributed by atoms with Crippen LogP contribution in [0.15, 0.2) is 70.3 Å². The van der Waals surface area contributed by atoms with Crippen LogP contribution in [0.3, 0.4) is 0 Å². The van der Waals surface area contributed by atoms with Gasteiger partial charge in [0.25, 0.3) is 0 Å². The maximum atomic E-state index is 12.2. The predicted octanol–water partition coefficient (Wildman–Crippen LogP) is 6.64. The summed E-state index contributed by atoms with van der Waals surface area (Å²) >= 11 is 1.67. The van der Waals surface area contributed by atoms with Crippen molar-refractivity contribution >= 4 is 17.0 Å². The lowest BCUT2D eigenvalue weighted by atomic mass is 9.99. The molecule has 0 spiro atoms. The van der Waals surface area contributed by atoms with Crippen LogP contribution in [0.1, 0.15) is 30.0 Å². The smallest absolute Gasteiger partial charge is 0.406 e. The van der Waals surface area contributed by atoms with Crippen LogP contribution in [0.25, 0.3) is 11.1 Å². The summed E-state index contributed by atoms with van der Waals surface area (Å²) in [7, 11) is 0. The van der Waals surface area contributed by atoms with E-state index in [0.29, 0.717) is 0 Å². The van der Waals surface area contributed by atoms with Crippen LogP contribution < -0.4 is 4.74 Å². The SMILES string of the molecule is FC(F)(F)Oc1ccc(-c2ccc(C3CCC(c4ccsc4)=N3)cc2)cc1. The number of rotatable bonds is 4. The third-order valence-electron chi connectivity index (χ3n) is 4.54. The molecule has 0 saturated heterocycles. The van der Waals surface area contributed by atoms with E-state index in [1.54, 1.807) is 23.5 Å². The topological polar surface area (TPSA) is 21.6 Å². The van der Waals surface area contributed by atoms with Gasteiger partial charge >= 0.3 is 6.36 Å². The van der Waals surface area contributed by atoms with Gasteiger partial charge < -0.3 is 4.74 Å². The molecule has 0 aliphatic carbocycles. The van der Waals surface area contributed by atoms with Gasteiger partial charge in [-0.2, -0.15) is 11.3 Å². The molecule has 3 aromatic rings. The maximum absolute atomic E-state index is 12.2. The van der Waals surface area contributed by atoms with Gasteiger partial charge in [0.15, 0.2) is 0 Å². The molecule has 0 saturated carbocycles. The first kappa shape index (κ1) is 17.8. The van der Waals surface area contributed by atoms with Crippen LogP contribution in [-0.4, -0.2) is 12.1 Å². The quantitative estimate of drug-likeness (QED) is 0.492. The minimum absolute atomic E-state index is 0.163. The van der Waals surface area contributed by atoms with Crippen LogP contribution in [0, 0.1) is 0 Å². The Morgan fingerprint density at radius 1 is 0.889 bits per heavy atom. The summed E-state index contributed by atoms with van der Waals surface area (Å²) in [4.78, 5) is 4.85. The molecule has 2 heterocycles. The number of benzene rings is 2. The lowest BCUT2D eigenvalue weighted by molar-refractivity contribution is -0.274. The second-order valence-electron chi connectivity index (χ2n) is 6.34. The molecule has 1 unspecified atom stereocenters. The number of aliphatic imine (C=N–C) groups is 1. The summed E-state index contributed by atoms with van der Waals surface area (Å²) in [5.41, 5.74) is 5.30. The minimum atomic E-state index is -4.67. The molecule has 0 bridgehead atoms. The average Bonchev–Trinajstić information content (AvgIpc) is 3.33. The highest BCUT2D eigenvalue weighted by Crippen LogP contribution is 2.33. The minimum Gasteiger partial charge on any atom is -0.406 e. The molecule has 0 fully saturated rings. The molecule has 27 heavy (non-hydrogen) atoms. The normalized spacial score (nSPS) is 17.0. The monoisotopic (exact) mass is 387 g/mol. The largest absolute Gasteiger partial charge is 0.573 e. The second kappa shape index (κ2) is 7.19. The van der Waals surface area contributed by atoms with E-state index >= 15 is 0 Å². The van der Waals surface area contributed by atoms with Crippen LogP contribution in [0.2, 0.25) is 0 Å². The van der Waals surface area contributed by atoms with Crippen molar-refractivity contribution in [3.05, 3.63) is 76.5 Å². The van der Waals surface area contributed by atoms with E-state index < -0.39 is 6.36 Å². The lowest BCUT2D eigenvalue weighted by Gasteiger charge is -2.10. The Hall–Kier alpha value is -2.60. The molecule has 4 rings (SSSR count). The van der Waals surface area contributed by atoms with Crippen molar-refractivity contribution in [3.8, 4) is 16.9 Å². The highest BCUT2D eigenvalue weighted by molar-refractivity contribution is 7.08. The third kappa shape index (κ3) is 4.22. The summed E-state index contributed by atoms with van der Waals surface area (Å²) < 4.78 is 40.6. The van der Waals surface area contributed by atoms with Crippen molar-refractivity contribution in [3.63, 3.8) is 0 Å². The molecule has 2 nitrogen and oxygen atoms in total. The highest BCUT2D eigenvalue weighted by Gasteiger charge is 2.31. The molecular formula is C21H16F3NOS. The van der Waals surface area contributed by atoms with E-state index in [-0.39, 0.29) is 11.8 Å². The fourth-order valence-electron chi connectivity index (χ4n) is 3.23. The van der Waals surface area contributed by atoms with Gasteiger partial charge in [-0.25, -0.2) is 0 Å². The van der Waals surface area contributed by atoms with E-state index in [9.17, 15) is 13.2 Å². The lowest BCUT2D eigenvalue weighted by Crippen LogP contribution is -2.16. The summed E-state index contributed by atoms with van der Waals surface area (Å²) in [6.45, 7) is 0. The fourth-order valence-corrected chi connectivity index (χ4v) is 3.89. The van der Waals surface area contributed by atoms with E-state index in [4.69, 9.17) is 4.99 Å². The van der Waals surface area contributed by atoms with E-state index in [1.807, 2.05) is 24.3 Å². The first-order valence-electron chi connectivity index (χ1n) is 8.53. The van der Waals surface area contributed by atoms with Gasteiger partial charge in [0.2, 0.25) is 0 Å². The number of ether oxygens (including phenoxy) is 1. The molecular weight excluding hydrogens is 371 g/mol. The second-order valence-corrected chi connectivity index (χ2v) is 7.12. The molecule has 0 radical (unpaired) electrons. The maximum Gasteiger partial charge on any atom is 0.573 e. The summed E-state index contributed by atoms with van der Waals surface area (Å²) in [5.74, 6) is -0.218. The van der Waals surface area contributed by atoms with E-state index in [1.165, 1.54) is 17.7 Å². The zero-order chi connectivity index (χ0) is 18.9. The zero-order valence-corrected chi connectivity index (χ0v) is 15.1. The van der Waals surface area contributed by atoms with Gasteiger partial charge in [0.05, 0.1) is 6.04 Å². The van der Waals surface area contributed by atoms with Crippen molar-refractivity contribution in [2.75, 3.05) is 0 Å². The Labute approximate surface area is 159 Å². The highest BCUT2D eigenvalue weighted by atomic mass is 32.1. The molecule has 0 amide bonds. The Kier molecular flexibility index (Phi) is 4.74. The van der Waals surface area contributed by atoms with Gasteiger partial charge in [0, 0.05) is 11.3 Å². The van der Waals surface area contributed by atoms with Gasteiger partial charge in [-0.05, 0) is 58.5 Å². The van der Waals surface area contributed by atoms with E-state index in [0.717, 1.165) is 35.2 Å². The van der Waals surface area contributed by atoms with Crippen molar-refractivity contribution in [2.45, 2.75) is 25.2 Å². The molecule has 1 atom stereocenters. The van der Waals surface area contributed by atoms with E-state index in [2.05, 4.69) is 21.6 Å². The first-order valence-corrected chi connectivity index (χ1v) is 9.48. The Morgan fingerprint density at radius 3 is 2.15 bits per heavy atom. The van der Waals surface area contributed by atoms with Crippen molar-refractivity contribution in [1.29, 1.82) is 0 Å². The zero-order valence-electron chi connectivity index (χ0n) is 14.2. The summed E-state index contributed by atoms with van der Waals surface area (Å²) in [6, 6.07) is 16.2. The molecule has 2 aromatic carbocycles. The standard InChI is InChI=1S/C21H16F3NOS/c22-21(23,24)26-18-7-5-15(6-8-18)14-1-3-16(4-2-14)19-9-10-20(25-19)17-11-12-27-13-17/h1-8,11-13,19H,9-10H2. The number of halogens is 3. The van der Waals surface area contributed by atoms with Gasteiger partial charge in [-0.1, -0.05) is 36.4 Å². The van der Waals surface area contributed by atoms with Crippen molar-refractivity contribution < 1.29 is 17.9 Å². The molecule has 1 aromatic heterocycles. The van der Waals surface area contributed by atoms with Crippen molar-refractivity contribution in [1.82, 2.24) is 0 Å². The van der Waals surface area contributed by atoms with Crippen LogP contribution >= 0.6 is 11.3 Å². The number of nitrogens with zero attached hydrogens (tertiary/aromatic N) is 1. The third-order valence-corrected chi connectivity index (χ3v) is 5.22. The molecule has 1 aliphatic heterocycles. The fraction of sp³-hybridized carbons (Fsp3) is 0.190. The molecule has 1 aliphatic rings. The predicted molar refractivity (Wildman–Crippen MR) is 101 cm³/mol. The van der Waals surface area contributed by atoms with Gasteiger partial charge in [-0.15, -0.1) is 13.2 Å². The van der Waals surface area contributed by atoms with Crippen LogP contribution in [0.4, 0.5) is 13.2 Å². The Bertz CT molecular complexity index is 929. The molecule has 6 heteroatoms. The molecule has 138 valence electrons. The Balaban J connectivity index is 1.48. The van der Waals surface area contributed by atoms with Gasteiger partial charge in [-0.3, -0.25) is 4.99 Å². The number of thiophene rings is 1. The van der Waals surface area contributed by atoms with Crippen molar-refractivity contribution in [2.24, 2.45) is 4.99 Å². The van der Waals surface area contributed by atoms with Crippen LogP contribution in [-0.2, 0) is 0 Å². The Morgan fingerprint density at radius 2 is 1.56 bits per heavy atom. The first-order chi connectivity index (χ1) is 13.0.